The Bertz CT molecular complexity index is 660. The van der Waals surface area contributed by atoms with Crippen LogP contribution < -0.4 is 0 Å². The van der Waals surface area contributed by atoms with Crippen LogP contribution in [-0.2, 0) is 29.7 Å². The molecule has 0 unspecified atom stereocenters. The Kier molecular flexibility index (Phi) is 4.60. The van der Waals surface area contributed by atoms with Gasteiger partial charge in [0.1, 0.15) is 0 Å². The molecular formula is C18H24N4O2. The summed E-state index contributed by atoms with van der Waals surface area (Å²) >= 11 is 0. The number of rotatable bonds is 5. The Morgan fingerprint density at radius 3 is 2.92 bits per heavy atom. The quantitative estimate of drug-likeness (QED) is 0.837. The molecule has 0 amide bonds. The standard InChI is InChI=1S/C18H24N4O2/c1-21-11-15(10-20-21)12-22-8-9-23-18-16(22)2-3-17(18)24-13-14-4-6-19-7-5-14/h4-7,10-11,16-18H,2-3,8-9,12-13H2,1H3/t16-,17-,18-/m1/s1. The van der Waals surface area contributed by atoms with Crippen LogP contribution >= 0.6 is 0 Å². The average molecular weight is 328 g/mol. The second-order valence-electron chi connectivity index (χ2n) is 6.68. The lowest BCUT2D eigenvalue weighted by Crippen LogP contribution is -2.51. The van der Waals surface area contributed by atoms with E-state index in [4.69, 9.17) is 9.47 Å². The normalized spacial score (nSPS) is 27.3. The summed E-state index contributed by atoms with van der Waals surface area (Å²) in [6.45, 7) is 3.32. The molecule has 3 heterocycles. The van der Waals surface area contributed by atoms with Gasteiger partial charge in [0.05, 0.1) is 31.6 Å². The minimum atomic E-state index is 0.178. The van der Waals surface area contributed by atoms with Crippen LogP contribution in [0.5, 0.6) is 0 Å². The van der Waals surface area contributed by atoms with Gasteiger partial charge in [0, 0.05) is 50.3 Å². The molecule has 1 aliphatic heterocycles. The van der Waals surface area contributed by atoms with Crippen LogP contribution in [0.25, 0.3) is 0 Å². The predicted molar refractivity (Wildman–Crippen MR) is 89.2 cm³/mol. The van der Waals surface area contributed by atoms with Crippen LogP contribution in [0.4, 0.5) is 0 Å². The van der Waals surface area contributed by atoms with E-state index in [1.165, 1.54) is 5.56 Å². The average Bonchev–Trinajstić information content (AvgIpc) is 3.21. The van der Waals surface area contributed by atoms with Crippen molar-refractivity contribution in [3.8, 4) is 0 Å². The lowest BCUT2D eigenvalue weighted by Gasteiger charge is -2.38. The number of ether oxygens (including phenoxy) is 2. The molecule has 6 heteroatoms. The molecule has 0 bridgehead atoms. The zero-order chi connectivity index (χ0) is 16.4. The van der Waals surface area contributed by atoms with Crippen LogP contribution in [0.15, 0.2) is 36.9 Å². The van der Waals surface area contributed by atoms with Crippen molar-refractivity contribution in [2.75, 3.05) is 13.2 Å². The van der Waals surface area contributed by atoms with Crippen LogP contribution in [-0.4, -0.2) is 51.1 Å². The van der Waals surface area contributed by atoms with Crippen molar-refractivity contribution in [3.05, 3.63) is 48.0 Å². The summed E-state index contributed by atoms with van der Waals surface area (Å²) in [6, 6.07) is 4.45. The molecule has 2 aromatic rings. The fraction of sp³-hybridized carbons (Fsp3) is 0.556. The van der Waals surface area contributed by atoms with Crippen molar-refractivity contribution in [1.82, 2.24) is 19.7 Å². The molecular weight excluding hydrogens is 304 g/mol. The van der Waals surface area contributed by atoms with Gasteiger partial charge in [-0.25, -0.2) is 0 Å². The van der Waals surface area contributed by atoms with Gasteiger partial charge < -0.3 is 9.47 Å². The molecule has 0 radical (unpaired) electrons. The van der Waals surface area contributed by atoms with Crippen LogP contribution in [0, 0.1) is 0 Å². The van der Waals surface area contributed by atoms with Gasteiger partial charge in [0.15, 0.2) is 0 Å². The minimum absolute atomic E-state index is 0.178. The monoisotopic (exact) mass is 328 g/mol. The van der Waals surface area contributed by atoms with Crippen LogP contribution in [0.3, 0.4) is 0 Å². The van der Waals surface area contributed by atoms with E-state index < -0.39 is 0 Å². The number of hydrogen-bond acceptors (Lipinski definition) is 5. The summed E-state index contributed by atoms with van der Waals surface area (Å²) < 4.78 is 14.1. The fourth-order valence-electron chi connectivity index (χ4n) is 3.84. The SMILES string of the molecule is Cn1cc(CN2CCO[C@@H]3[C@H]2CC[C@H]3OCc2ccncc2)cn1. The van der Waals surface area contributed by atoms with Crippen molar-refractivity contribution >= 4 is 0 Å². The lowest BCUT2D eigenvalue weighted by atomic mass is 10.1. The van der Waals surface area contributed by atoms with Crippen molar-refractivity contribution in [3.63, 3.8) is 0 Å². The van der Waals surface area contributed by atoms with Crippen LogP contribution in [0.1, 0.15) is 24.0 Å². The molecule has 0 spiro atoms. The van der Waals surface area contributed by atoms with Gasteiger partial charge in [-0.2, -0.15) is 5.10 Å². The summed E-state index contributed by atoms with van der Waals surface area (Å²) in [5.41, 5.74) is 2.43. The summed E-state index contributed by atoms with van der Waals surface area (Å²) in [5, 5.41) is 4.27. The van der Waals surface area contributed by atoms with E-state index in [2.05, 4.69) is 21.2 Å². The Balaban J connectivity index is 1.37. The van der Waals surface area contributed by atoms with E-state index in [9.17, 15) is 0 Å². The maximum atomic E-state index is 6.17. The molecule has 1 saturated carbocycles. The number of nitrogens with zero attached hydrogens (tertiary/aromatic N) is 4. The predicted octanol–water partition coefficient (Wildman–Crippen LogP) is 1.76. The molecule has 24 heavy (non-hydrogen) atoms. The fourth-order valence-corrected chi connectivity index (χ4v) is 3.84. The van der Waals surface area contributed by atoms with Gasteiger partial charge in [0.25, 0.3) is 0 Å². The highest BCUT2D eigenvalue weighted by Crippen LogP contribution is 2.33. The Hall–Kier alpha value is -1.76. The van der Waals surface area contributed by atoms with E-state index in [0.29, 0.717) is 12.6 Å². The molecule has 2 aromatic heterocycles. The Labute approximate surface area is 142 Å². The number of fused-ring (bicyclic) bond motifs is 1. The Morgan fingerprint density at radius 2 is 2.12 bits per heavy atom. The summed E-state index contributed by atoms with van der Waals surface area (Å²) in [6.07, 6.45) is 10.2. The number of morpholine rings is 1. The van der Waals surface area contributed by atoms with E-state index in [1.54, 1.807) is 0 Å². The van der Waals surface area contributed by atoms with E-state index in [0.717, 1.165) is 38.1 Å². The van der Waals surface area contributed by atoms with Gasteiger partial charge in [-0.05, 0) is 30.5 Å². The lowest BCUT2D eigenvalue weighted by molar-refractivity contribution is -0.118. The molecule has 2 aliphatic rings. The largest absolute Gasteiger partial charge is 0.373 e. The molecule has 2 fully saturated rings. The van der Waals surface area contributed by atoms with E-state index >= 15 is 0 Å². The smallest absolute Gasteiger partial charge is 0.0992 e. The van der Waals surface area contributed by atoms with Crippen molar-refractivity contribution in [2.24, 2.45) is 7.05 Å². The summed E-state index contributed by atoms with van der Waals surface area (Å²) in [7, 11) is 1.96. The van der Waals surface area contributed by atoms with Gasteiger partial charge in [-0.15, -0.1) is 0 Å². The topological polar surface area (TPSA) is 52.4 Å². The van der Waals surface area contributed by atoms with Crippen molar-refractivity contribution in [1.29, 1.82) is 0 Å². The first kappa shape index (κ1) is 15.7. The zero-order valence-corrected chi connectivity index (χ0v) is 14.0. The van der Waals surface area contributed by atoms with E-state index in [-0.39, 0.29) is 12.2 Å². The zero-order valence-electron chi connectivity index (χ0n) is 14.0. The minimum Gasteiger partial charge on any atom is -0.373 e. The molecule has 6 nitrogen and oxygen atoms in total. The van der Waals surface area contributed by atoms with Gasteiger partial charge >= 0.3 is 0 Å². The third-order valence-electron chi connectivity index (χ3n) is 5.01. The van der Waals surface area contributed by atoms with Crippen molar-refractivity contribution in [2.45, 2.75) is 44.2 Å². The first-order valence-electron chi connectivity index (χ1n) is 8.63. The number of hydrogen-bond donors (Lipinski definition) is 0. The molecule has 128 valence electrons. The number of aromatic nitrogens is 3. The molecule has 0 aromatic carbocycles. The number of aryl methyl sites for hydroxylation is 1. The van der Waals surface area contributed by atoms with Gasteiger partial charge in [-0.3, -0.25) is 14.6 Å². The first-order valence-corrected chi connectivity index (χ1v) is 8.63. The molecule has 0 N–H and O–H groups in total. The summed E-state index contributed by atoms with van der Waals surface area (Å²) in [5.74, 6) is 0. The van der Waals surface area contributed by atoms with Gasteiger partial charge in [-0.1, -0.05) is 0 Å². The van der Waals surface area contributed by atoms with Crippen LogP contribution in [0.2, 0.25) is 0 Å². The second kappa shape index (κ2) is 7.01. The first-order chi connectivity index (χ1) is 11.8. The second-order valence-corrected chi connectivity index (χ2v) is 6.68. The summed E-state index contributed by atoms with van der Waals surface area (Å²) in [4.78, 5) is 6.58. The molecule has 1 aliphatic carbocycles. The third kappa shape index (κ3) is 3.36. The highest BCUT2D eigenvalue weighted by Gasteiger charge is 2.43. The maximum absolute atomic E-state index is 6.17. The van der Waals surface area contributed by atoms with Crippen molar-refractivity contribution < 1.29 is 9.47 Å². The molecule has 3 atom stereocenters. The highest BCUT2D eigenvalue weighted by atomic mass is 16.5. The molecule has 1 saturated heterocycles. The highest BCUT2D eigenvalue weighted by molar-refractivity contribution is 5.09. The number of pyridine rings is 1. The molecule has 4 rings (SSSR count). The van der Waals surface area contributed by atoms with Gasteiger partial charge in [0.2, 0.25) is 0 Å². The third-order valence-corrected chi connectivity index (χ3v) is 5.01. The van der Waals surface area contributed by atoms with E-state index in [1.807, 2.05) is 42.5 Å². The maximum Gasteiger partial charge on any atom is 0.0992 e. The Morgan fingerprint density at radius 1 is 1.25 bits per heavy atom.